The lowest BCUT2D eigenvalue weighted by atomic mass is 10.6. The molecule has 0 aliphatic rings. The Morgan fingerprint density at radius 3 is 2.05 bits per heavy atom. The first kappa shape index (κ1) is 18.6. The fourth-order valence-corrected chi connectivity index (χ4v) is 3.39. The second-order valence-corrected chi connectivity index (χ2v) is 6.55. The first-order valence-electron chi connectivity index (χ1n) is 6.52. The molecule has 0 saturated heterocycles. The molecule has 22 heavy (non-hydrogen) atoms. The van der Waals surface area contributed by atoms with Gasteiger partial charge in [0, 0.05) is 47.6 Å². The molecule has 0 aromatic carbocycles. The Morgan fingerprint density at radius 2 is 1.59 bits per heavy atom. The van der Waals surface area contributed by atoms with Crippen molar-refractivity contribution in [1.29, 1.82) is 0 Å². The molecule has 0 amide bonds. The molecule has 9 nitrogen and oxygen atoms in total. The maximum absolute atomic E-state index is 12.7. The number of sulfonamides is 1. The summed E-state index contributed by atoms with van der Waals surface area (Å²) in [5, 5.41) is 0. The molecule has 0 unspecified atom stereocenters. The van der Waals surface area contributed by atoms with Gasteiger partial charge in [-0.3, -0.25) is 9.36 Å². The summed E-state index contributed by atoms with van der Waals surface area (Å²) in [5.41, 5.74) is -1.45. The van der Waals surface area contributed by atoms with Gasteiger partial charge in [-0.05, 0) is 0 Å². The molecule has 0 radical (unpaired) electrons. The van der Waals surface area contributed by atoms with Crippen molar-refractivity contribution in [2.24, 2.45) is 14.1 Å². The maximum Gasteiger partial charge on any atom is 0.330 e. The zero-order valence-corrected chi connectivity index (χ0v) is 13.9. The van der Waals surface area contributed by atoms with Crippen molar-refractivity contribution in [1.82, 2.24) is 13.4 Å². The molecule has 1 aromatic heterocycles. The second-order valence-electron chi connectivity index (χ2n) is 4.64. The van der Waals surface area contributed by atoms with Crippen LogP contribution in [0, 0.1) is 0 Å². The van der Waals surface area contributed by atoms with Crippen LogP contribution in [0.5, 0.6) is 0 Å². The van der Waals surface area contributed by atoms with Crippen molar-refractivity contribution in [2.45, 2.75) is 4.90 Å². The number of hydrogen-bond donors (Lipinski definition) is 0. The highest BCUT2D eigenvalue weighted by atomic mass is 32.2. The molecule has 0 spiro atoms. The molecule has 0 bridgehead atoms. The van der Waals surface area contributed by atoms with E-state index >= 15 is 0 Å². The van der Waals surface area contributed by atoms with Crippen LogP contribution in [-0.4, -0.2) is 62.4 Å². The van der Waals surface area contributed by atoms with Gasteiger partial charge in [0.25, 0.3) is 5.56 Å². The van der Waals surface area contributed by atoms with Crippen LogP contribution < -0.4 is 11.2 Å². The number of rotatable bonds is 8. The Bertz CT molecular complexity index is 713. The van der Waals surface area contributed by atoms with Crippen LogP contribution in [0.15, 0.2) is 20.7 Å². The van der Waals surface area contributed by atoms with Gasteiger partial charge in [0.15, 0.2) is 4.90 Å². The first-order chi connectivity index (χ1) is 10.3. The maximum atomic E-state index is 12.7. The van der Waals surface area contributed by atoms with Crippen LogP contribution in [0.2, 0.25) is 0 Å². The van der Waals surface area contributed by atoms with Gasteiger partial charge in [0.05, 0.1) is 13.2 Å². The van der Waals surface area contributed by atoms with Gasteiger partial charge in [0.2, 0.25) is 10.0 Å². The lowest BCUT2D eigenvalue weighted by Gasteiger charge is -2.21. The summed E-state index contributed by atoms with van der Waals surface area (Å²) >= 11 is 0. The van der Waals surface area contributed by atoms with Crippen molar-refractivity contribution < 1.29 is 17.9 Å². The lowest BCUT2D eigenvalue weighted by Crippen LogP contribution is -2.44. The first-order valence-corrected chi connectivity index (χ1v) is 7.96. The summed E-state index contributed by atoms with van der Waals surface area (Å²) in [4.78, 5) is 23.3. The second kappa shape index (κ2) is 7.68. The van der Waals surface area contributed by atoms with Crippen LogP contribution >= 0.6 is 0 Å². The lowest BCUT2D eigenvalue weighted by molar-refractivity contribution is 0.150. The van der Waals surface area contributed by atoms with Gasteiger partial charge in [-0.1, -0.05) is 0 Å². The number of methoxy groups -OCH3 is 2. The summed E-state index contributed by atoms with van der Waals surface area (Å²) < 4.78 is 38.0. The van der Waals surface area contributed by atoms with Gasteiger partial charge in [-0.2, -0.15) is 4.31 Å². The quantitative estimate of drug-likeness (QED) is 0.565. The molecule has 0 aliphatic heterocycles. The van der Waals surface area contributed by atoms with Crippen molar-refractivity contribution in [3.63, 3.8) is 0 Å². The summed E-state index contributed by atoms with van der Waals surface area (Å²) in [6, 6.07) is 0. The fraction of sp³-hybridized carbons (Fsp3) is 0.667. The minimum atomic E-state index is -4.06. The van der Waals surface area contributed by atoms with E-state index in [1.54, 1.807) is 0 Å². The third kappa shape index (κ3) is 3.83. The largest absolute Gasteiger partial charge is 0.383 e. The number of aryl methyl sites for hydroxylation is 1. The normalized spacial score (nSPS) is 12.0. The van der Waals surface area contributed by atoms with E-state index < -0.39 is 26.2 Å². The van der Waals surface area contributed by atoms with E-state index in [0.717, 1.165) is 19.6 Å². The van der Waals surface area contributed by atoms with Gasteiger partial charge in [0.1, 0.15) is 0 Å². The van der Waals surface area contributed by atoms with E-state index in [2.05, 4.69) is 0 Å². The number of aromatic nitrogens is 2. The Balaban J connectivity index is 3.36. The third-order valence-corrected chi connectivity index (χ3v) is 5.00. The molecule has 1 rings (SSSR count). The van der Waals surface area contributed by atoms with Crippen molar-refractivity contribution >= 4 is 10.0 Å². The predicted octanol–water partition coefficient (Wildman–Crippen LogP) is -1.63. The molecule has 0 atom stereocenters. The van der Waals surface area contributed by atoms with Crippen LogP contribution in [-0.2, 0) is 33.6 Å². The van der Waals surface area contributed by atoms with Gasteiger partial charge in [-0.15, -0.1) is 0 Å². The molecular formula is C12H21N3O6S. The molecule has 1 heterocycles. The highest BCUT2D eigenvalue weighted by Crippen LogP contribution is 2.10. The highest BCUT2D eigenvalue weighted by molar-refractivity contribution is 7.89. The Morgan fingerprint density at radius 1 is 1.09 bits per heavy atom. The molecular weight excluding hydrogens is 314 g/mol. The van der Waals surface area contributed by atoms with E-state index in [1.807, 2.05) is 0 Å². The van der Waals surface area contributed by atoms with E-state index in [-0.39, 0.29) is 26.3 Å². The molecule has 0 aliphatic carbocycles. The van der Waals surface area contributed by atoms with Crippen LogP contribution in [0.1, 0.15) is 0 Å². The zero-order chi connectivity index (χ0) is 16.9. The van der Waals surface area contributed by atoms with E-state index in [0.29, 0.717) is 0 Å². The SMILES string of the molecule is COCCN(CCOC)S(=O)(=O)c1cn(C)c(=O)n(C)c1=O. The van der Waals surface area contributed by atoms with Crippen molar-refractivity contribution in [3.05, 3.63) is 27.0 Å². The minimum absolute atomic E-state index is 0.0776. The molecule has 0 saturated carbocycles. The van der Waals surface area contributed by atoms with Crippen molar-refractivity contribution in [2.75, 3.05) is 40.5 Å². The van der Waals surface area contributed by atoms with Gasteiger partial charge >= 0.3 is 5.69 Å². The number of ether oxygens (including phenoxy) is 2. The van der Waals surface area contributed by atoms with E-state index in [4.69, 9.17) is 9.47 Å². The van der Waals surface area contributed by atoms with Gasteiger partial charge < -0.3 is 14.0 Å². The Hall–Kier alpha value is -1.49. The summed E-state index contributed by atoms with van der Waals surface area (Å²) in [6.07, 6.45) is 1.03. The number of hydrogen-bond acceptors (Lipinski definition) is 6. The van der Waals surface area contributed by atoms with Crippen LogP contribution in [0.25, 0.3) is 0 Å². The summed E-state index contributed by atoms with van der Waals surface area (Å²) in [5.74, 6) is 0. The molecule has 1 aromatic rings. The Kier molecular flexibility index (Phi) is 6.48. The topological polar surface area (TPSA) is 99.8 Å². The highest BCUT2D eigenvalue weighted by Gasteiger charge is 2.28. The minimum Gasteiger partial charge on any atom is -0.383 e. The van der Waals surface area contributed by atoms with Crippen molar-refractivity contribution in [3.8, 4) is 0 Å². The standard InChI is InChI=1S/C12H21N3O6S/c1-13-9-10(11(16)14(2)12(13)17)22(18,19)15(5-7-20-3)6-8-21-4/h9H,5-8H2,1-4H3. The smallest absolute Gasteiger partial charge is 0.330 e. The fourth-order valence-electron chi connectivity index (χ4n) is 1.83. The average Bonchev–Trinajstić information content (AvgIpc) is 2.48. The van der Waals surface area contributed by atoms with Crippen LogP contribution in [0.3, 0.4) is 0 Å². The number of nitrogens with zero attached hydrogens (tertiary/aromatic N) is 3. The molecule has 0 fully saturated rings. The predicted molar refractivity (Wildman–Crippen MR) is 79.4 cm³/mol. The van der Waals surface area contributed by atoms with Crippen LogP contribution in [0.4, 0.5) is 0 Å². The summed E-state index contributed by atoms with van der Waals surface area (Å²) in [6.45, 7) is 0.506. The van der Waals surface area contributed by atoms with Gasteiger partial charge in [-0.25, -0.2) is 13.2 Å². The van der Waals surface area contributed by atoms with E-state index in [1.165, 1.54) is 28.3 Å². The monoisotopic (exact) mass is 335 g/mol. The third-order valence-electron chi connectivity index (χ3n) is 3.12. The average molecular weight is 335 g/mol. The summed E-state index contributed by atoms with van der Waals surface area (Å²) in [7, 11) is 1.46. The molecule has 0 N–H and O–H groups in total. The Labute approximate surface area is 128 Å². The molecule has 10 heteroatoms. The zero-order valence-electron chi connectivity index (χ0n) is 13.1. The van der Waals surface area contributed by atoms with E-state index in [9.17, 15) is 18.0 Å². The molecule has 126 valence electrons.